The highest BCUT2D eigenvalue weighted by molar-refractivity contribution is 7.88. The first-order valence-corrected chi connectivity index (χ1v) is 9.79. The van der Waals surface area contributed by atoms with E-state index < -0.39 is 10.0 Å². The summed E-state index contributed by atoms with van der Waals surface area (Å²) in [6, 6.07) is 5.60. The van der Waals surface area contributed by atoms with Crippen LogP contribution in [0.5, 0.6) is 0 Å². The van der Waals surface area contributed by atoms with Crippen LogP contribution in [-0.4, -0.2) is 44.3 Å². The van der Waals surface area contributed by atoms with E-state index in [0.29, 0.717) is 11.6 Å². The van der Waals surface area contributed by atoms with Crippen molar-refractivity contribution in [2.75, 3.05) is 30.8 Å². The number of sulfonamides is 1. The van der Waals surface area contributed by atoms with Gasteiger partial charge in [0.15, 0.2) is 0 Å². The van der Waals surface area contributed by atoms with Gasteiger partial charge in [-0.3, -0.25) is 0 Å². The summed E-state index contributed by atoms with van der Waals surface area (Å²) in [5, 5.41) is 1.62. The van der Waals surface area contributed by atoms with Crippen LogP contribution in [0.1, 0.15) is 12.8 Å². The second-order valence-corrected chi connectivity index (χ2v) is 8.20. The molecule has 124 valence electrons. The van der Waals surface area contributed by atoms with E-state index in [1.807, 2.05) is 18.2 Å². The highest BCUT2D eigenvalue weighted by Crippen LogP contribution is 2.28. The van der Waals surface area contributed by atoms with E-state index in [1.165, 1.54) is 6.26 Å². The van der Waals surface area contributed by atoms with Crippen LogP contribution in [0.15, 0.2) is 24.5 Å². The highest BCUT2D eigenvalue weighted by atomic mass is 35.5. The molecule has 0 aliphatic carbocycles. The fourth-order valence-electron chi connectivity index (χ4n) is 2.96. The van der Waals surface area contributed by atoms with Gasteiger partial charge in [0.05, 0.1) is 11.8 Å². The Morgan fingerprint density at radius 3 is 3.00 bits per heavy atom. The predicted molar refractivity (Wildman–Crippen MR) is 92.3 cm³/mol. The van der Waals surface area contributed by atoms with Gasteiger partial charge in [0.1, 0.15) is 12.1 Å². The number of anilines is 1. The summed E-state index contributed by atoms with van der Waals surface area (Å²) >= 11 is 6.02. The lowest BCUT2D eigenvalue weighted by molar-refractivity contribution is 0.410. The molecule has 8 heteroatoms. The van der Waals surface area contributed by atoms with Gasteiger partial charge in [-0.1, -0.05) is 11.6 Å². The van der Waals surface area contributed by atoms with Crippen LogP contribution < -0.4 is 9.62 Å². The van der Waals surface area contributed by atoms with Gasteiger partial charge in [-0.15, -0.1) is 0 Å². The standard InChI is InChI=1S/C15H19ClN4O2S/c1-23(21,22)19-8-11-3-2-6-20(9-11)15-13-5-4-12(16)7-14(13)17-10-18-15/h4-5,7,10-11,19H,2-3,6,8-9H2,1H3/t11-/m1/s1. The van der Waals surface area contributed by atoms with E-state index in [4.69, 9.17) is 11.6 Å². The summed E-state index contributed by atoms with van der Waals surface area (Å²) in [5.74, 6) is 1.16. The van der Waals surface area contributed by atoms with Crippen molar-refractivity contribution in [3.63, 3.8) is 0 Å². The van der Waals surface area contributed by atoms with Crippen LogP contribution in [0.4, 0.5) is 5.82 Å². The Kier molecular flexibility index (Phi) is 4.70. The number of nitrogens with one attached hydrogen (secondary N) is 1. The molecule has 1 atom stereocenters. The third-order valence-corrected chi connectivity index (χ3v) is 4.96. The van der Waals surface area contributed by atoms with Gasteiger partial charge >= 0.3 is 0 Å². The quantitative estimate of drug-likeness (QED) is 0.909. The first kappa shape index (κ1) is 16.4. The van der Waals surface area contributed by atoms with E-state index in [2.05, 4.69) is 19.6 Å². The molecule has 1 fully saturated rings. The molecule has 1 saturated heterocycles. The van der Waals surface area contributed by atoms with Crippen molar-refractivity contribution in [2.24, 2.45) is 5.92 Å². The van der Waals surface area contributed by atoms with E-state index >= 15 is 0 Å². The van der Waals surface area contributed by atoms with Crippen LogP contribution in [0.25, 0.3) is 10.9 Å². The monoisotopic (exact) mass is 354 g/mol. The van der Waals surface area contributed by atoms with Crippen LogP contribution in [-0.2, 0) is 10.0 Å². The summed E-state index contributed by atoms with van der Waals surface area (Å²) < 4.78 is 25.2. The number of hydrogen-bond acceptors (Lipinski definition) is 5. The minimum absolute atomic E-state index is 0.274. The van der Waals surface area contributed by atoms with Crippen molar-refractivity contribution >= 4 is 38.3 Å². The van der Waals surface area contributed by atoms with E-state index in [-0.39, 0.29) is 5.92 Å². The molecule has 6 nitrogen and oxygen atoms in total. The average molecular weight is 355 g/mol. The number of hydrogen-bond donors (Lipinski definition) is 1. The molecule has 1 aliphatic rings. The Hall–Kier alpha value is -1.44. The van der Waals surface area contributed by atoms with Gasteiger partial charge < -0.3 is 4.90 Å². The van der Waals surface area contributed by atoms with Crippen LogP contribution in [0, 0.1) is 5.92 Å². The van der Waals surface area contributed by atoms with Gasteiger partial charge in [0, 0.05) is 30.0 Å². The predicted octanol–water partition coefficient (Wildman–Crippen LogP) is 2.05. The molecule has 23 heavy (non-hydrogen) atoms. The van der Waals surface area contributed by atoms with Crippen molar-refractivity contribution in [1.82, 2.24) is 14.7 Å². The van der Waals surface area contributed by atoms with Gasteiger partial charge in [-0.05, 0) is 37.0 Å². The topological polar surface area (TPSA) is 75.2 Å². The third kappa shape index (κ3) is 4.10. The fourth-order valence-corrected chi connectivity index (χ4v) is 3.67. The Morgan fingerprint density at radius 2 is 2.22 bits per heavy atom. The molecule has 0 spiro atoms. The summed E-state index contributed by atoms with van der Waals surface area (Å²) in [7, 11) is -3.15. The highest BCUT2D eigenvalue weighted by Gasteiger charge is 2.23. The summed E-state index contributed by atoms with van der Waals surface area (Å²) in [6.07, 6.45) is 4.75. The second kappa shape index (κ2) is 6.59. The molecule has 0 bridgehead atoms. The number of fused-ring (bicyclic) bond motifs is 1. The maximum atomic E-state index is 11.3. The summed E-state index contributed by atoms with van der Waals surface area (Å²) in [6.45, 7) is 2.14. The lowest BCUT2D eigenvalue weighted by Crippen LogP contribution is -2.41. The largest absolute Gasteiger partial charge is 0.356 e. The normalized spacial score (nSPS) is 19.2. The van der Waals surface area contributed by atoms with Crippen LogP contribution >= 0.6 is 11.6 Å². The second-order valence-electron chi connectivity index (χ2n) is 5.93. The Balaban J connectivity index is 1.81. The molecule has 1 aliphatic heterocycles. The SMILES string of the molecule is CS(=O)(=O)NC[C@H]1CCCN(c2ncnc3cc(Cl)ccc23)C1. The molecule has 0 unspecified atom stereocenters. The average Bonchev–Trinajstić information content (AvgIpc) is 2.52. The Morgan fingerprint density at radius 1 is 1.39 bits per heavy atom. The van der Waals surface area contributed by atoms with Crippen molar-refractivity contribution in [3.8, 4) is 0 Å². The molecule has 0 saturated carbocycles. The van der Waals surface area contributed by atoms with Crippen molar-refractivity contribution in [3.05, 3.63) is 29.5 Å². The molecule has 0 radical (unpaired) electrons. The van der Waals surface area contributed by atoms with Gasteiger partial charge in [0.2, 0.25) is 10.0 Å². The lowest BCUT2D eigenvalue weighted by atomic mass is 9.98. The zero-order valence-corrected chi connectivity index (χ0v) is 14.4. The minimum atomic E-state index is -3.15. The maximum absolute atomic E-state index is 11.3. The molecule has 2 heterocycles. The molecular weight excluding hydrogens is 336 g/mol. The smallest absolute Gasteiger partial charge is 0.208 e. The Bertz CT molecular complexity index is 812. The van der Waals surface area contributed by atoms with Gasteiger partial charge in [-0.25, -0.2) is 23.1 Å². The van der Waals surface area contributed by atoms with Crippen LogP contribution in [0.3, 0.4) is 0 Å². The zero-order valence-electron chi connectivity index (χ0n) is 12.9. The van der Waals surface area contributed by atoms with E-state index in [1.54, 1.807) is 6.33 Å². The zero-order chi connectivity index (χ0) is 16.4. The fraction of sp³-hybridized carbons (Fsp3) is 0.467. The van der Waals surface area contributed by atoms with Crippen molar-refractivity contribution in [1.29, 1.82) is 0 Å². The van der Waals surface area contributed by atoms with Crippen LogP contribution in [0.2, 0.25) is 5.02 Å². The molecule has 1 aromatic heterocycles. The van der Waals surface area contributed by atoms with E-state index in [0.717, 1.165) is 42.7 Å². The Labute approximate surface area is 140 Å². The number of nitrogens with zero attached hydrogens (tertiary/aromatic N) is 3. The number of aromatic nitrogens is 2. The molecule has 1 aromatic carbocycles. The number of halogens is 1. The first-order valence-electron chi connectivity index (χ1n) is 7.52. The van der Waals surface area contributed by atoms with Crippen molar-refractivity contribution < 1.29 is 8.42 Å². The van der Waals surface area contributed by atoms with E-state index in [9.17, 15) is 8.42 Å². The molecule has 1 N–H and O–H groups in total. The summed E-state index contributed by atoms with van der Waals surface area (Å²) in [5.41, 5.74) is 0.818. The molecule has 2 aromatic rings. The van der Waals surface area contributed by atoms with Gasteiger partial charge in [0.25, 0.3) is 0 Å². The van der Waals surface area contributed by atoms with Crippen molar-refractivity contribution in [2.45, 2.75) is 12.8 Å². The maximum Gasteiger partial charge on any atom is 0.208 e. The first-order chi connectivity index (χ1) is 10.9. The molecular formula is C15H19ClN4O2S. The number of benzene rings is 1. The minimum Gasteiger partial charge on any atom is -0.356 e. The molecule has 0 amide bonds. The summed E-state index contributed by atoms with van der Waals surface area (Å²) in [4.78, 5) is 10.9. The lowest BCUT2D eigenvalue weighted by Gasteiger charge is -2.34. The molecule has 3 rings (SSSR count). The number of piperidine rings is 1. The van der Waals surface area contributed by atoms with Gasteiger partial charge in [-0.2, -0.15) is 0 Å². The number of rotatable bonds is 4. The third-order valence-electron chi connectivity index (χ3n) is 4.03.